The van der Waals surface area contributed by atoms with E-state index in [4.69, 9.17) is 5.11 Å². The summed E-state index contributed by atoms with van der Waals surface area (Å²) < 4.78 is 2.04. The van der Waals surface area contributed by atoms with Crippen LogP contribution in [0.4, 0.5) is 0 Å². The molecule has 0 aliphatic carbocycles. The molecule has 0 aliphatic rings. The van der Waals surface area contributed by atoms with Gasteiger partial charge in [-0.15, -0.1) is 0 Å². The van der Waals surface area contributed by atoms with Crippen molar-refractivity contribution in [2.45, 2.75) is 44.6 Å². The first kappa shape index (κ1) is 12.1. The van der Waals surface area contributed by atoms with E-state index in [1.54, 1.807) is 6.92 Å². The summed E-state index contributed by atoms with van der Waals surface area (Å²) in [6.45, 7) is 8.47. The molecule has 1 N–H and O–H groups in total. The maximum absolute atomic E-state index is 10.7. The van der Waals surface area contributed by atoms with Crippen molar-refractivity contribution in [1.82, 2.24) is 9.55 Å². The van der Waals surface area contributed by atoms with Crippen LogP contribution < -0.4 is 0 Å². The van der Waals surface area contributed by atoms with Crippen molar-refractivity contribution in [2.75, 3.05) is 0 Å². The summed E-state index contributed by atoms with van der Waals surface area (Å²) in [6, 6.07) is 0. The van der Waals surface area contributed by atoms with Gasteiger partial charge in [-0.3, -0.25) is 4.79 Å². The Morgan fingerprint density at radius 1 is 1.60 bits per heavy atom. The van der Waals surface area contributed by atoms with E-state index in [1.807, 2.05) is 25.3 Å². The monoisotopic (exact) mass is 228 g/mol. The van der Waals surface area contributed by atoms with Gasteiger partial charge in [-0.1, -0.05) is 11.8 Å². The molecule has 0 aromatic carbocycles. The average molecular weight is 228 g/mol. The number of carboxylic acids is 1. The van der Waals surface area contributed by atoms with Crippen molar-refractivity contribution in [3.05, 3.63) is 11.4 Å². The fourth-order valence-electron chi connectivity index (χ4n) is 1.29. The minimum atomic E-state index is -0.805. The lowest BCUT2D eigenvalue weighted by molar-refractivity contribution is -0.136. The molecule has 0 saturated carbocycles. The minimum Gasteiger partial charge on any atom is -0.480 e. The van der Waals surface area contributed by atoms with E-state index in [0.29, 0.717) is 0 Å². The molecule has 1 rings (SSSR count). The molecular formula is C10H16N2O2S. The van der Waals surface area contributed by atoms with Crippen LogP contribution in [0.3, 0.4) is 0 Å². The lowest BCUT2D eigenvalue weighted by Crippen LogP contribution is -2.13. The number of imidazole rings is 1. The highest BCUT2D eigenvalue weighted by molar-refractivity contribution is 8.00. The third-order valence-corrected chi connectivity index (χ3v) is 3.45. The van der Waals surface area contributed by atoms with E-state index in [9.17, 15) is 4.79 Å². The summed E-state index contributed by atoms with van der Waals surface area (Å²) in [5.41, 5.74) is 2.08. The third kappa shape index (κ3) is 2.53. The smallest absolute Gasteiger partial charge is 0.316 e. The van der Waals surface area contributed by atoms with Gasteiger partial charge in [0.05, 0.1) is 5.69 Å². The molecule has 0 radical (unpaired) electrons. The molecular weight excluding hydrogens is 212 g/mol. The summed E-state index contributed by atoms with van der Waals surface area (Å²) in [7, 11) is 0. The molecule has 0 fully saturated rings. The molecule has 1 atom stereocenters. The topological polar surface area (TPSA) is 55.1 Å². The number of hydrogen-bond donors (Lipinski definition) is 1. The van der Waals surface area contributed by atoms with Gasteiger partial charge in [0, 0.05) is 12.2 Å². The third-order valence-electron chi connectivity index (χ3n) is 2.37. The first-order valence-corrected chi connectivity index (χ1v) is 5.78. The lowest BCUT2D eigenvalue weighted by atomic mass is 10.4. The molecule has 0 amide bonds. The summed E-state index contributed by atoms with van der Waals surface area (Å²) in [5.74, 6) is -0.805. The van der Waals surface area contributed by atoms with Crippen LogP contribution in [0, 0.1) is 13.8 Å². The zero-order chi connectivity index (χ0) is 11.6. The van der Waals surface area contributed by atoms with E-state index in [-0.39, 0.29) is 0 Å². The number of hydrogen-bond acceptors (Lipinski definition) is 3. The fourth-order valence-corrected chi connectivity index (χ4v) is 2.29. The number of aliphatic carboxylic acids is 1. The van der Waals surface area contributed by atoms with E-state index in [0.717, 1.165) is 23.1 Å². The number of carboxylic acid groups (broad SMARTS) is 1. The van der Waals surface area contributed by atoms with Crippen LogP contribution >= 0.6 is 11.8 Å². The predicted octanol–water partition coefficient (Wildman–Crippen LogP) is 2.09. The van der Waals surface area contributed by atoms with Crippen LogP contribution in [-0.2, 0) is 11.3 Å². The Morgan fingerprint density at radius 2 is 2.20 bits per heavy atom. The SMILES string of the molecule is CCn1c(SC(C)C(=O)O)nc(C)c1C. The van der Waals surface area contributed by atoms with Crippen LogP contribution in [-0.4, -0.2) is 25.9 Å². The Labute approximate surface area is 93.7 Å². The van der Waals surface area contributed by atoms with Crippen LogP contribution in [0.1, 0.15) is 25.2 Å². The quantitative estimate of drug-likeness (QED) is 0.802. The van der Waals surface area contributed by atoms with Crippen molar-refractivity contribution in [1.29, 1.82) is 0 Å². The number of aryl methyl sites for hydroxylation is 1. The maximum Gasteiger partial charge on any atom is 0.316 e. The molecule has 0 spiro atoms. The van der Waals surface area contributed by atoms with E-state index < -0.39 is 11.2 Å². The molecule has 84 valence electrons. The van der Waals surface area contributed by atoms with Gasteiger partial charge in [-0.05, 0) is 27.7 Å². The normalized spacial score (nSPS) is 12.8. The van der Waals surface area contributed by atoms with Crippen molar-refractivity contribution in [3.63, 3.8) is 0 Å². The molecule has 1 aromatic heterocycles. The first-order chi connectivity index (χ1) is 6.97. The highest BCUT2D eigenvalue weighted by Gasteiger charge is 2.17. The molecule has 1 unspecified atom stereocenters. The molecule has 4 nitrogen and oxygen atoms in total. The lowest BCUT2D eigenvalue weighted by Gasteiger charge is -2.08. The van der Waals surface area contributed by atoms with Gasteiger partial charge in [0.15, 0.2) is 5.16 Å². The fraction of sp³-hybridized carbons (Fsp3) is 0.600. The van der Waals surface area contributed by atoms with Crippen LogP contribution in [0.15, 0.2) is 5.16 Å². The molecule has 1 aromatic rings. The van der Waals surface area contributed by atoms with Crippen molar-refractivity contribution in [2.24, 2.45) is 0 Å². The number of carbonyl (C=O) groups is 1. The maximum atomic E-state index is 10.7. The van der Waals surface area contributed by atoms with E-state index in [2.05, 4.69) is 4.98 Å². The molecule has 1 heterocycles. The average Bonchev–Trinajstić information content (AvgIpc) is 2.42. The van der Waals surface area contributed by atoms with Gasteiger partial charge >= 0.3 is 5.97 Å². The second kappa shape index (κ2) is 4.70. The van der Waals surface area contributed by atoms with Crippen LogP contribution in [0.2, 0.25) is 0 Å². The minimum absolute atomic E-state index is 0.462. The standard InChI is InChI=1S/C10H16N2O2S/c1-5-12-7(3)6(2)11-10(12)15-8(4)9(13)14/h8H,5H2,1-4H3,(H,13,14). The zero-order valence-electron chi connectivity index (χ0n) is 9.44. The summed E-state index contributed by atoms with van der Waals surface area (Å²) in [6.07, 6.45) is 0. The second-order valence-corrected chi connectivity index (χ2v) is 4.72. The Balaban J connectivity index is 2.94. The van der Waals surface area contributed by atoms with E-state index >= 15 is 0 Å². The van der Waals surface area contributed by atoms with E-state index in [1.165, 1.54) is 11.8 Å². The Hall–Kier alpha value is -0.970. The molecule has 0 aliphatic heterocycles. The van der Waals surface area contributed by atoms with Gasteiger partial charge < -0.3 is 9.67 Å². The van der Waals surface area contributed by atoms with Gasteiger partial charge in [-0.25, -0.2) is 4.98 Å². The van der Waals surface area contributed by atoms with Crippen molar-refractivity contribution in [3.8, 4) is 0 Å². The highest BCUT2D eigenvalue weighted by atomic mass is 32.2. The van der Waals surface area contributed by atoms with Crippen LogP contribution in [0.5, 0.6) is 0 Å². The largest absolute Gasteiger partial charge is 0.480 e. The Kier molecular flexibility index (Phi) is 3.79. The number of rotatable bonds is 4. The first-order valence-electron chi connectivity index (χ1n) is 4.90. The predicted molar refractivity (Wildman–Crippen MR) is 60.3 cm³/mol. The molecule has 5 heteroatoms. The number of nitrogens with zero attached hydrogens (tertiary/aromatic N) is 2. The second-order valence-electron chi connectivity index (χ2n) is 3.41. The summed E-state index contributed by atoms with van der Waals surface area (Å²) >= 11 is 1.29. The van der Waals surface area contributed by atoms with Crippen molar-refractivity contribution >= 4 is 17.7 Å². The van der Waals surface area contributed by atoms with Gasteiger partial charge in [0.2, 0.25) is 0 Å². The van der Waals surface area contributed by atoms with Crippen LogP contribution in [0.25, 0.3) is 0 Å². The van der Waals surface area contributed by atoms with Gasteiger partial charge in [-0.2, -0.15) is 0 Å². The summed E-state index contributed by atoms with van der Waals surface area (Å²) in [5, 5.41) is 9.16. The van der Waals surface area contributed by atoms with Gasteiger partial charge in [0.25, 0.3) is 0 Å². The number of aromatic nitrogens is 2. The molecule has 0 bridgehead atoms. The Bertz CT molecular complexity index is 374. The zero-order valence-corrected chi connectivity index (χ0v) is 10.3. The number of thioether (sulfide) groups is 1. The Morgan fingerprint density at radius 3 is 2.67 bits per heavy atom. The van der Waals surface area contributed by atoms with Gasteiger partial charge in [0.1, 0.15) is 5.25 Å². The summed E-state index contributed by atoms with van der Waals surface area (Å²) in [4.78, 5) is 15.1. The van der Waals surface area contributed by atoms with Crippen molar-refractivity contribution < 1.29 is 9.90 Å². The molecule has 0 saturated heterocycles. The molecule has 15 heavy (non-hydrogen) atoms. The highest BCUT2D eigenvalue weighted by Crippen LogP contribution is 2.24.